The maximum absolute atomic E-state index is 12.4. The number of phenolic OH excluding ortho intramolecular Hbond substituents is 1. The first kappa shape index (κ1) is 19.4. The molecule has 0 spiro atoms. The number of aromatic hydroxyl groups is 1. The Morgan fingerprint density at radius 1 is 0.964 bits per heavy atom. The number of aryl methyl sites for hydroxylation is 1. The molecule has 2 N–H and O–H groups in total. The Labute approximate surface area is 164 Å². The van der Waals surface area contributed by atoms with Gasteiger partial charge in [0.25, 0.3) is 10.0 Å². The van der Waals surface area contributed by atoms with Crippen molar-refractivity contribution in [3.63, 3.8) is 0 Å². The summed E-state index contributed by atoms with van der Waals surface area (Å²) in [4.78, 5) is 12.4. The highest BCUT2D eigenvalue weighted by molar-refractivity contribution is 7.92. The molecule has 0 atom stereocenters. The molecule has 0 heterocycles. The highest BCUT2D eigenvalue weighted by Crippen LogP contribution is 2.18. The Hall–Kier alpha value is -3.38. The summed E-state index contributed by atoms with van der Waals surface area (Å²) in [5.41, 5.74) is 2.47. The van der Waals surface area contributed by atoms with Crippen LogP contribution in [0.1, 0.15) is 21.5 Å². The van der Waals surface area contributed by atoms with Crippen LogP contribution in [0.2, 0.25) is 0 Å². The first-order valence-corrected chi connectivity index (χ1v) is 10.0. The lowest BCUT2D eigenvalue weighted by atomic mass is 10.1. The van der Waals surface area contributed by atoms with Crippen LogP contribution in [0.4, 0.5) is 5.69 Å². The lowest BCUT2D eigenvalue weighted by Crippen LogP contribution is -2.13. The molecule has 0 amide bonds. The van der Waals surface area contributed by atoms with Gasteiger partial charge in [-0.25, -0.2) is 8.42 Å². The van der Waals surface area contributed by atoms with Crippen molar-refractivity contribution in [1.29, 1.82) is 0 Å². The molecule has 0 bridgehead atoms. The first-order valence-electron chi connectivity index (χ1n) is 8.54. The number of hydrogen-bond donors (Lipinski definition) is 2. The van der Waals surface area contributed by atoms with Crippen LogP contribution in [0.25, 0.3) is 6.08 Å². The van der Waals surface area contributed by atoms with Crippen molar-refractivity contribution in [2.75, 3.05) is 4.72 Å². The molecule has 0 aliphatic rings. The summed E-state index contributed by atoms with van der Waals surface area (Å²) in [6.07, 6.45) is 3.01. The van der Waals surface area contributed by atoms with E-state index in [0.29, 0.717) is 16.8 Å². The fraction of sp³-hybridized carbons (Fsp3) is 0.0455. The van der Waals surface area contributed by atoms with Gasteiger partial charge in [-0.05, 0) is 67.1 Å². The predicted molar refractivity (Wildman–Crippen MR) is 110 cm³/mol. The Kier molecular flexibility index (Phi) is 5.61. The van der Waals surface area contributed by atoms with Crippen LogP contribution in [0.5, 0.6) is 5.75 Å². The first-order chi connectivity index (χ1) is 13.3. The van der Waals surface area contributed by atoms with Gasteiger partial charge in [0.1, 0.15) is 5.75 Å². The number of allylic oxidation sites excluding steroid dienone is 1. The van der Waals surface area contributed by atoms with Crippen molar-refractivity contribution in [2.24, 2.45) is 0 Å². The number of hydrogen-bond acceptors (Lipinski definition) is 4. The molecule has 5 nitrogen and oxygen atoms in total. The number of carbonyl (C=O) groups is 1. The SMILES string of the molecule is Cc1ccc(S(=O)(=O)Nc2ccc(C(=O)C=Cc3cccc(O)c3)cc2)cc1. The van der Waals surface area contributed by atoms with E-state index in [1.807, 2.05) is 6.92 Å². The van der Waals surface area contributed by atoms with Gasteiger partial charge in [-0.15, -0.1) is 0 Å². The quantitative estimate of drug-likeness (QED) is 0.480. The summed E-state index contributed by atoms with van der Waals surface area (Å²) in [7, 11) is -3.69. The lowest BCUT2D eigenvalue weighted by molar-refractivity contribution is 0.104. The molecule has 0 saturated carbocycles. The van der Waals surface area contributed by atoms with Crippen LogP contribution < -0.4 is 4.72 Å². The zero-order valence-corrected chi connectivity index (χ0v) is 16.0. The van der Waals surface area contributed by atoms with Crippen molar-refractivity contribution in [1.82, 2.24) is 0 Å². The standard InChI is InChI=1S/C22H19NO4S/c1-16-5-12-21(13-6-16)28(26,27)23-19-10-8-18(9-11-19)22(25)14-7-17-3-2-4-20(24)15-17/h2-15,23-24H,1H3. The van der Waals surface area contributed by atoms with Crippen molar-refractivity contribution >= 4 is 27.6 Å². The van der Waals surface area contributed by atoms with Gasteiger partial charge >= 0.3 is 0 Å². The highest BCUT2D eigenvalue weighted by Gasteiger charge is 2.14. The minimum absolute atomic E-state index is 0.125. The Balaban J connectivity index is 1.70. The van der Waals surface area contributed by atoms with Crippen molar-refractivity contribution in [3.8, 4) is 5.75 Å². The molecular weight excluding hydrogens is 374 g/mol. The van der Waals surface area contributed by atoms with E-state index in [1.54, 1.807) is 78.9 Å². The van der Waals surface area contributed by atoms with E-state index in [1.165, 1.54) is 6.08 Å². The molecule has 0 aromatic heterocycles. The number of rotatable bonds is 6. The van der Waals surface area contributed by atoms with Gasteiger partial charge in [-0.1, -0.05) is 35.9 Å². The lowest BCUT2D eigenvalue weighted by Gasteiger charge is -2.08. The van der Waals surface area contributed by atoms with Crippen LogP contribution >= 0.6 is 0 Å². The highest BCUT2D eigenvalue weighted by atomic mass is 32.2. The largest absolute Gasteiger partial charge is 0.508 e. The van der Waals surface area contributed by atoms with E-state index in [0.717, 1.165) is 5.56 Å². The molecule has 0 fully saturated rings. The van der Waals surface area contributed by atoms with Gasteiger partial charge in [0.05, 0.1) is 4.90 Å². The molecule has 0 aliphatic carbocycles. The summed E-state index contributed by atoms with van der Waals surface area (Å²) in [6, 6.07) is 19.3. The average Bonchev–Trinajstić information content (AvgIpc) is 2.67. The van der Waals surface area contributed by atoms with E-state index in [2.05, 4.69) is 4.72 Å². The van der Waals surface area contributed by atoms with E-state index in [-0.39, 0.29) is 16.4 Å². The fourth-order valence-electron chi connectivity index (χ4n) is 2.53. The number of nitrogens with one attached hydrogen (secondary N) is 1. The molecule has 3 aromatic rings. The van der Waals surface area contributed by atoms with E-state index in [9.17, 15) is 18.3 Å². The van der Waals surface area contributed by atoms with Gasteiger partial charge in [-0.3, -0.25) is 9.52 Å². The summed E-state index contributed by atoms with van der Waals surface area (Å²) in [6.45, 7) is 1.88. The number of sulfonamides is 1. The van der Waals surface area contributed by atoms with Gasteiger partial charge in [0.15, 0.2) is 5.78 Å². The molecular formula is C22H19NO4S. The molecule has 0 saturated heterocycles. The molecule has 3 aromatic carbocycles. The number of ketones is 1. The number of anilines is 1. The third kappa shape index (κ3) is 4.86. The Bertz CT molecular complexity index is 1120. The molecule has 28 heavy (non-hydrogen) atoms. The van der Waals surface area contributed by atoms with Crippen LogP contribution in [-0.4, -0.2) is 19.3 Å². The third-order valence-electron chi connectivity index (χ3n) is 4.05. The zero-order chi connectivity index (χ0) is 20.1. The Morgan fingerprint density at radius 3 is 2.29 bits per heavy atom. The van der Waals surface area contributed by atoms with Gasteiger partial charge in [-0.2, -0.15) is 0 Å². The van der Waals surface area contributed by atoms with Gasteiger partial charge in [0, 0.05) is 11.3 Å². The summed E-state index contributed by atoms with van der Waals surface area (Å²) >= 11 is 0. The van der Waals surface area contributed by atoms with Crippen LogP contribution in [0.15, 0.2) is 83.8 Å². The maximum Gasteiger partial charge on any atom is 0.261 e. The van der Waals surface area contributed by atoms with Crippen molar-refractivity contribution in [3.05, 3.63) is 95.6 Å². The van der Waals surface area contributed by atoms with Gasteiger partial charge in [0.2, 0.25) is 0 Å². The second-order valence-electron chi connectivity index (χ2n) is 6.29. The maximum atomic E-state index is 12.4. The van der Waals surface area contributed by atoms with Crippen LogP contribution in [0, 0.1) is 6.92 Å². The van der Waals surface area contributed by atoms with Crippen LogP contribution in [-0.2, 0) is 10.0 Å². The molecule has 0 radical (unpaired) electrons. The molecule has 142 valence electrons. The average molecular weight is 393 g/mol. The van der Waals surface area contributed by atoms with Gasteiger partial charge < -0.3 is 5.11 Å². The fourth-order valence-corrected chi connectivity index (χ4v) is 3.59. The monoisotopic (exact) mass is 393 g/mol. The second-order valence-corrected chi connectivity index (χ2v) is 7.97. The van der Waals surface area contributed by atoms with E-state index >= 15 is 0 Å². The van der Waals surface area contributed by atoms with E-state index < -0.39 is 10.0 Å². The molecule has 0 aliphatic heterocycles. The van der Waals surface area contributed by atoms with Crippen molar-refractivity contribution in [2.45, 2.75) is 11.8 Å². The summed E-state index contributed by atoms with van der Waals surface area (Å²) < 4.78 is 27.3. The minimum atomic E-state index is -3.69. The minimum Gasteiger partial charge on any atom is -0.508 e. The summed E-state index contributed by atoms with van der Waals surface area (Å²) in [5, 5.41) is 9.44. The number of benzene rings is 3. The molecule has 6 heteroatoms. The summed E-state index contributed by atoms with van der Waals surface area (Å²) in [5.74, 6) is -0.101. The third-order valence-corrected chi connectivity index (χ3v) is 5.45. The second kappa shape index (κ2) is 8.10. The van der Waals surface area contributed by atoms with Crippen LogP contribution in [0.3, 0.4) is 0 Å². The number of phenols is 1. The zero-order valence-electron chi connectivity index (χ0n) is 15.2. The number of carbonyl (C=O) groups excluding carboxylic acids is 1. The van der Waals surface area contributed by atoms with Crippen molar-refractivity contribution < 1.29 is 18.3 Å². The Morgan fingerprint density at radius 2 is 1.64 bits per heavy atom. The predicted octanol–water partition coefficient (Wildman–Crippen LogP) is 4.40. The normalized spacial score (nSPS) is 11.5. The molecule has 0 unspecified atom stereocenters. The van der Waals surface area contributed by atoms with E-state index in [4.69, 9.17) is 0 Å². The smallest absolute Gasteiger partial charge is 0.261 e. The molecule has 3 rings (SSSR count). The topological polar surface area (TPSA) is 83.5 Å².